The fourth-order valence-electron chi connectivity index (χ4n) is 1.66. The van der Waals surface area contributed by atoms with Crippen LogP contribution in [0.15, 0.2) is 0 Å². The molecule has 0 rings (SSSR count). The van der Waals surface area contributed by atoms with Crippen LogP contribution >= 0.6 is 0 Å². The maximum Gasteiger partial charge on any atom is 0.306 e. The lowest BCUT2D eigenvalue weighted by atomic mass is 10.1. The molecule has 0 saturated heterocycles. The second-order valence-electron chi connectivity index (χ2n) is 4.15. The number of carbonyl (C=O) groups is 1. The topological polar surface area (TPSA) is 26.3 Å². The van der Waals surface area contributed by atoms with Gasteiger partial charge in [0.1, 0.15) is 6.10 Å². The molecule has 0 aromatic rings. The molecule has 0 aromatic carbocycles. The van der Waals surface area contributed by atoms with Gasteiger partial charge in [-0.15, -0.1) is 0 Å². The summed E-state index contributed by atoms with van der Waals surface area (Å²) in [6.45, 7) is 6.34. The molecule has 0 aromatic heterocycles. The maximum absolute atomic E-state index is 11.3. The summed E-state index contributed by atoms with van der Waals surface area (Å²) in [7, 11) is 0. The summed E-state index contributed by atoms with van der Waals surface area (Å²) in [6.07, 6.45) is 8.40. The molecule has 0 N–H and O–H groups in total. The summed E-state index contributed by atoms with van der Waals surface area (Å²) >= 11 is 0. The Morgan fingerprint density at radius 2 is 1.73 bits per heavy atom. The summed E-state index contributed by atoms with van der Waals surface area (Å²) < 4.78 is 5.44. The number of hydrogen-bond acceptors (Lipinski definition) is 2. The van der Waals surface area contributed by atoms with Crippen LogP contribution in [0.25, 0.3) is 0 Å². The maximum atomic E-state index is 11.3. The fraction of sp³-hybridized carbons (Fsp3) is 0.923. The van der Waals surface area contributed by atoms with Crippen molar-refractivity contribution in [2.24, 2.45) is 0 Å². The van der Waals surface area contributed by atoms with E-state index >= 15 is 0 Å². The van der Waals surface area contributed by atoms with E-state index in [0.717, 1.165) is 25.7 Å². The van der Waals surface area contributed by atoms with E-state index in [2.05, 4.69) is 13.8 Å². The van der Waals surface area contributed by atoms with Crippen LogP contribution in [0.3, 0.4) is 0 Å². The molecule has 1 unspecified atom stereocenters. The fourth-order valence-corrected chi connectivity index (χ4v) is 1.66. The predicted octanol–water partition coefficient (Wildman–Crippen LogP) is 4.08. The van der Waals surface area contributed by atoms with Gasteiger partial charge in [0.15, 0.2) is 0 Å². The first-order chi connectivity index (χ1) is 7.24. The number of ether oxygens (including phenoxy) is 1. The molecular formula is C13H26O2. The van der Waals surface area contributed by atoms with Crippen LogP contribution in [0.4, 0.5) is 0 Å². The molecule has 0 radical (unpaired) electrons. The summed E-state index contributed by atoms with van der Waals surface area (Å²) in [5, 5.41) is 0. The molecule has 90 valence electrons. The van der Waals surface area contributed by atoms with E-state index in [0.29, 0.717) is 6.42 Å². The van der Waals surface area contributed by atoms with Gasteiger partial charge in [-0.2, -0.15) is 0 Å². The second-order valence-corrected chi connectivity index (χ2v) is 4.15. The lowest BCUT2D eigenvalue weighted by Gasteiger charge is -2.16. The summed E-state index contributed by atoms with van der Waals surface area (Å²) in [6, 6.07) is 0. The first-order valence-electron chi connectivity index (χ1n) is 6.44. The van der Waals surface area contributed by atoms with E-state index in [4.69, 9.17) is 4.74 Å². The van der Waals surface area contributed by atoms with Gasteiger partial charge in [-0.05, 0) is 25.7 Å². The third-order valence-corrected chi connectivity index (χ3v) is 2.49. The molecule has 0 aliphatic heterocycles. The molecule has 0 amide bonds. The number of rotatable bonds is 9. The SMILES string of the molecule is CCCCCC(CCC)OC(=O)CCC. The van der Waals surface area contributed by atoms with E-state index in [-0.39, 0.29) is 12.1 Å². The smallest absolute Gasteiger partial charge is 0.306 e. The average molecular weight is 214 g/mol. The summed E-state index contributed by atoms with van der Waals surface area (Å²) in [4.78, 5) is 11.3. The van der Waals surface area contributed by atoms with Crippen LogP contribution in [0.1, 0.15) is 72.1 Å². The van der Waals surface area contributed by atoms with Crippen molar-refractivity contribution in [1.29, 1.82) is 0 Å². The first-order valence-corrected chi connectivity index (χ1v) is 6.44. The van der Waals surface area contributed by atoms with Crippen molar-refractivity contribution < 1.29 is 9.53 Å². The van der Waals surface area contributed by atoms with Gasteiger partial charge < -0.3 is 4.74 Å². The van der Waals surface area contributed by atoms with Crippen molar-refractivity contribution in [3.05, 3.63) is 0 Å². The minimum atomic E-state index is -0.0209. The van der Waals surface area contributed by atoms with Crippen molar-refractivity contribution in [2.75, 3.05) is 0 Å². The highest BCUT2D eigenvalue weighted by atomic mass is 16.5. The Bertz CT molecular complexity index is 155. The van der Waals surface area contributed by atoms with E-state index < -0.39 is 0 Å². The molecule has 0 fully saturated rings. The van der Waals surface area contributed by atoms with Crippen molar-refractivity contribution in [2.45, 2.75) is 78.2 Å². The van der Waals surface area contributed by atoms with Crippen molar-refractivity contribution in [1.82, 2.24) is 0 Å². The van der Waals surface area contributed by atoms with Gasteiger partial charge in [0.25, 0.3) is 0 Å². The third-order valence-electron chi connectivity index (χ3n) is 2.49. The quantitative estimate of drug-likeness (QED) is 0.427. The highest BCUT2D eigenvalue weighted by Crippen LogP contribution is 2.13. The Balaban J connectivity index is 3.75. The van der Waals surface area contributed by atoms with Crippen LogP contribution < -0.4 is 0 Å². The minimum Gasteiger partial charge on any atom is -0.462 e. The second kappa shape index (κ2) is 10.0. The van der Waals surface area contributed by atoms with Gasteiger partial charge in [-0.3, -0.25) is 4.79 Å². The highest BCUT2D eigenvalue weighted by molar-refractivity contribution is 5.69. The van der Waals surface area contributed by atoms with E-state index in [1.807, 2.05) is 6.92 Å². The van der Waals surface area contributed by atoms with Crippen LogP contribution in [0.2, 0.25) is 0 Å². The molecule has 0 spiro atoms. The number of esters is 1. The minimum absolute atomic E-state index is 0.0209. The average Bonchev–Trinajstić information content (AvgIpc) is 2.18. The van der Waals surface area contributed by atoms with Crippen LogP contribution in [-0.4, -0.2) is 12.1 Å². The van der Waals surface area contributed by atoms with E-state index in [9.17, 15) is 4.79 Å². The largest absolute Gasteiger partial charge is 0.462 e. The Kier molecular flexibility index (Phi) is 9.65. The zero-order valence-electron chi connectivity index (χ0n) is 10.6. The molecule has 1 atom stereocenters. The summed E-state index contributed by atoms with van der Waals surface area (Å²) in [5.74, 6) is -0.0209. The first kappa shape index (κ1) is 14.5. The molecule has 2 heteroatoms. The monoisotopic (exact) mass is 214 g/mol. The van der Waals surface area contributed by atoms with Gasteiger partial charge in [-0.25, -0.2) is 0 Å². The number of unbranched alkanes of at least 4 members (excludes halogenated alkanes) is 2. The van der Waals surface area contributed by atoms with Crippen molar-refractivity contribution in [3.63, 3.8) is 0 Å². The van der Waals surface area contributed by atoms with Gasteiger partial charge in [0, 0.05) is 6.42 Å². The lowest BCUT2D eigenvalue weighted by molar-refractivity contribution is -0.149. The lowest BCUT2D eigenvalue weighted by Crippen LogP contribution is -2.17. The standard InChI is InChI=1S/C13H26O2/c1-4-7-8-11-12(9-5-2)15-13(14)10-6-3/h12H,4-11H2,1-3H3. The normalized spacial score (nSPS) is 12.5. The zero-order valence-corrected chi connectivity index (χ0v) is 10.6. The van der Waals surface area contributed by atoms with Crippen LogP contribution in [0.5, 0.6) is 0 Å². The molecular weight excluding hydrogens is 188 g/mol. The molecule has 0 aliphatic rings. The molecule has 2 nitrogen and oxygen atoms in total. The highest BCUT2D eigenvalue weighted by Gasteiger charge is 2.12. The number of hydrogen-bond donors (Lipinski definition) is 0. The van der Waals surface area contributed by atoms with Crippen molar-refractivity contribution >= 4 is 5.97 Å². The third kappa shape index (κ3) is 8.46. The Labute approximate surface area is 94.4 Å². The van der Waals surface area contributed by atoms with E-state index in [1.54, 1.807) is 0 Å². The molecule has 0 bridgehead atoms. The van der Waals surface area contributed by atoms with Crippen LogP contribution in [0, 0.1) is 0 Å². The van der Waals surface area contributed by atoms with Gasteiger partial charge in [0.05, 0.1) is 0 Å². The van der Waals surface area contributed by atoms with Crippen LogP contribution in [-0.2, 0) is 9.53 Å². The molecule has 0 saturated carbocycles. The van der Waals surface area contributed by atoms with Gasteiger partial charge >= 0.3 is 5.97 Å². The van der Waals surface area contributed by atoms with E-state index in [1.165, 1.54) is 19.3 Å². The molecule has 0 heterocycles. The van der Waals surface area contributed by atoms with Gasteiger partial charge in [-0.1, -0.05) is 40.0 Å². The Morgan fingerprint density at radius 1 is 1.00 bits per heavy atom. The van der Waals surface area contributed by atoms with Gasteiger partial charge in [0.2, 0.25) is 0 Å². The number of carbonyl (C=O) groups excluding carboxylic acids is 1. The molecule has 15 heavy (non-hydrogen) atoms. The Morgan fingerprint density at radius 3 is 2.27 bits per heavy atom. The summed E-state index contributed by atoms with van der Waals surface area (Å²) in [5.41, 5.74) is 0. The predicted molar refractivity (Wildman–Crippen MR) is 63.8 cm³/mol. The molecule has 0 aliphatic carbocycles. The zero-order chi connectivity index (χ0) is 11.5. The Hall–Kier alpha value is -0.530. The van der Waals surface area contributed by atoms with Crippen molar-refractivity contribution in [3.8, 4) is 0 Å².